The van der Waals surface area contributed by atoms with Gasteiger partial charge in [0.15, 0.2) is 5.69 Å². The number of alkyl halides is 3. The second kappa shape index (κ2) is 9.63. The van der Waals surface area contributed by atoms with Crippen molar-refractivity contribution in [3.05, 3.63) is 78.1 Å². The van der Waals surface area contributed by atoms with E-state index in [9.17, 15) is 22.8 Å². The van der Waals surface area contributed by atoms with Gasteiger partial charge in [-0.1, -0.05) is 6.07 Å². The third kappa shape index (κ3) is 5.43. The number of carbonyl (C=O) groups excluding carboxylic acids is 2. The maximum absolute atomic E-state index is 12.9. The Morgan fingerprint density at radius 3 is 2.57 bits per heavy atom. The molecule has 2 N–H and O–H groups in total. The molecule has 9 nitrogen and oxygen atoms in total. The molecule has 35 heavy (non-hydrogen) atoms. The summed E-state index contributed by atoms with van der Waals surface area (Å²) < 4.78 is 38.8. The van der Waals surface area contributed by atoms with Crippen LogP contribution < -0.4 is 10.6 Å². The van der Waals surface area contributed by atoms with E-state index in [4.69, 9.17) is 0 Å². The number of carbonyl (C=O) groups is 2. The maximum Gasteiger partial charge on any atom is 0.418 e. The molecule has 0 radical (unpaired) electrons. The lowest BCUT2D eigenvalue weighted by Gasteiger charge is -2.12. The lowest BCUT2D eigenvalue weighted by atomic mass is 9.99. The highest BCUT2D eigenvalue weighted by atomic mass is 19.4. The van der Waals surface area contributed by atoms with Crippen LogP contribution in [0.2, 0.25) is 0 Å². The van der Waals surface area contributed by atoms with E-state index in [1.807, 2.05) is 13.0 Å². The van der Waals surface area contributed by atoms with Gasteiger partial charge in [0.25, 0.3) is 5.91 Å². The fourth-order valence-corrected chi connectivity index (χ4v) is 3.22. The summed E-state index contributed by atoms with van der Waals surface area (Å²) in [4.78, 5) is 35.6. The average Bonchev–Trinajstić information content (AvgIpc) is 2.85. The predicted octanol–water partition coefficient (Wildman–Crippen LogP) is 4.14. The second-order valence-electron chi connectivity index (χ2n) is 7.32. The number of benzene rings is 1. The number of hydrogen-bond donors (Lipinski definition) is 2. The predicted molar refractivity (Wildman–Crippen MR) is 120 cm³/mol. The third-order valence-corrected chi connectivity index (χ3v) is 4.93. The summed E-state index contributed by atoms with van der Waals surface area (Å²) in [6.07, 6.45) is 0.955. The average molecular weight is 479 g/mol. The van der Waals surface area contributed by atoms with Gasteiger partial charge in [0, 0.05) is 35.3 Å². The minimum atomic E-state index is -4.65. The summed E-state index contributed by atoms with van der Waals surface area (Å²) in [5.41, 5.74) is 2.31. The second-order valence-corrected chi connectivity index (χ2v) is 7.32. The van der Waals surface area contributed by atoms with Crippen LogP contribution in [0.4, 0.5) is 24.7 Å². The smallest absolute Gasteiger partial charge is 0.321 e. The monoisotopic (exact) mass is 479 g/mol. The molecule has 0 atom stereocenters. The standard InChI is InChI=1S/C23H16F3N7O2/c1-13-2-3-17(32-22(35)20-5-16(10-31-33-20)23(24,25)26)6-18(13)14-4-15(9-27-8-14)19-7-21(30-12-34)29-11-28-19/h2-12H,1H3,(H,32,35)(H,28,29,30,34). The number of anilines is 2. The Labute approximate surface area is 196 Å². The van der Waals surface area contributed by atoms with Gasteiger partial charge in [0.1, 0.15) is 12.1 Å². The number of nitrogens with zero attached hydrogens (tertiary/aromatic N) is 5. The molecule has 0 aliphatic carbocycles. The zero-order valence-electron chi connectivity index (χ0n) is 18.0. The number of amides is 2. The summed E-state index contributed by atoms with van der Waals surface area (Å²) in [7, 11) is 0. The molecule has 3 aromatic heterocycles. The van der Waals surface area contributed by atoms with Crippen LogP contribution in [0.5, 0.6) is 0 Å². The molecule has 0 aliphatic rings. The first-order chi connectivity index (χ1) is 16.7. The van der Waals surface area contributed by atoms with Crippen molar-refractivity contribution in [3.63, 3.8) is 0 Å². The number of halogens is 3. The number of hydrogen-bond acceptors (Lipinski definition) is 7. The molecule has 1 aromatic carbocycles. The highest BCUT2D eigenvalue weighted by Crippen LogP contribution is 2.30. The van der Waals surface area contributed by atoms with Crippen molar-refractivity contribution < 1.29 is 22.8 Å². The van der Waals surface area contributed by atoms with Gasteiger partial charge >= 0.3 is 6.18 Å². The maximum atomic E-state index is 12.9. The van der Waals surface area contributed by atoms with Gasteiger partial charge in [0.2, 0.25) is 6.41 Å². The number of aryl methyl sites for hydroxylation is 1. The normalized spacial score (nSPS) is 11.1. The number of aromatic nitrogens is 5. The first-order valence-electron chi connectivity index (χ1n) is 10.0. The Morgan fingerprint density at radius 2 is 1.80 bits per heavy atom. The van der Waals surface area contributed by atoms with Crippen LogP contribution >= 0.6 is 0 Å². The Hall–Kier alpha value is -4.74. The molecular weight excluding hydrogens is 463 g/mol. The Balaban J connectivity index is 1.62. The highest BCUT2D eigenvalue weighted by molar-refractivity contribution is 6.03. The largest absolute Gasteiger partial charge is 0.418 e. The summed E-state index contributed by atoms with van der Waals surface area (Å²) >= 11 is 0. The van der Waals surface area contributed by atoms with Gasteiger partial charge in [-0.25, -0.2) is 9.97 Å². The van der Waals surface area contributed by atoms with Gasteiger partial charge in [-0.15, -0.1) is 5.10 Å². The minimum Gasteiger partial charge on any atom is -0.321 e. The summed E-state index contributed by atoms with van der Waals surface area (Å²) in [6, 6.07) is 9.11. The van der Waals surface area contributed by atoms with Gasteiger partial charge in [0.05, 0.1) is 17.5 Å². The van der Waals surface area contributed by atoms with E-state index in [1.165, 1.54) is 6.33 Å². The molecule has 0 fully saturated rings. The summed E-state index contributed by atoms with van der Waals surface area (Å²) in [5, 5.41) is 11.8. The SMILES string of the molecule is Cc1ccc(NC(=O)c2cc(C(F)(F)F)cnn2)cc1-c1cncc(-c2cc(NC=O)ncn2)c1. The molecule has 0 bridgehead atoms. The Morgan fingerprint density at radius 1 is 1.00 bits per heavy atom. The summed E-state index contributed by atoms with van der Waals surface area (Å²) in [6.45, 7) is 1.86. The zero-order valence-corrected chi connectivity index (χ0v) is 18.0. The Kier molecular flexibility index (Phi) is 6.44. The van der Waals surface area contributed by atoms with Crippen molar-refractivity contribution in [2.75, 3.05) is 10.6 Å². The van der Waals surface area contributed by atoms with E-state index >= 15 is 0 Å². The fourth-order valence-electron chi connectivity index (χ4n) is 3.22. The quantitative estimate of drug-likeness (QED) is 0.399. The lowest BCUT2D eigenvalue weighted by molar-refractivity contribution is -0.138. The van der Waals surface area contributed by atoms with Crippen molar-refractivity contribution in [1.29, 1.82) is 0 Å². The molecule has 4 rings (SSSR count). The van der Waals surface area contributed by atoms with Crippen molar-refractivity contribution >= 4 is 23.8 Å². The van der Waals surface area contributed by atoms with Crippen molar-refractivity contribution in [2.45, 2.75) is 13.1 Å². The Bertz CT molecular complexity index is 1410. The zero-order chi connectivity index (χ0) is 25.0. The molecule has 0 saturated heterocycles. The molecule has 4 aromatic rings. The van der Waals surface area contributed by atoms with Crippen LogP contribution in [0.1, 0.15) is 21.6 Å². The minimum absolute atomic E-state index is 0.328. The molecule has 12 heteroatoms. The van der Waals surface area contributed by atoms with Gasteiger partial charge in [-0.2, -0.15) is 18.3 Å². The van der Waals surface area contributed by atoms with Crippen molar-refractivity contribution in [3.8, 4) is 22.4 Å². The molecular formula is C23H16F3N7O2. The van der Waals surface area contributed by atoms with Crippen molar-refractivity contribution in [1.82, 2.24) is 25.1 Å². The number of rotatable bonds is 6. The molecule has 0 spiro atoms. The van der Waals surface area contributed by atoms with E-state index in [2.05, 4.69) is 35.8 Å². The molecule has 2 amide bonds. The topological polar surface area (TPSA) is 123 Å². The van der Waals surface area contributed by atoms with Crippen LogP contribution in [-0.2, 0) is 11.0 Å². The van der Waals surface area contributed by atoms with Crippen LogP contribution in [0.25, 0.3) is 22.4 Å². The summed E-state index contributed by atoms with van der Waals surface area (Å²) in [5.74, 6) is -0.504. The van der Waals surface area contributed by atoms with Gasteiger partial charge < -0.3 is 10.6 Å². The van der Waals surface area contributed by atoms with E-state index in [0.29, 0.717) is 47.0 Å². The van der Waals surface area contributed by atoms with E-state index in [0.717, 1.165) is 11.1 Å². The van der Waals surface area contributed by atoms with Crippen LogP contribution in [-0.4, -0.2) is 37.5 Å². The van der Waals surface area contributed by atoms with Crippen LogP contribution in [0, 0.1) is 6.92 Å². The molecule has 3 heterocycles. The van der Waals surface area contributed by atoms with Crippen molar-refractivity contribution in [2.24, 2.45) is 0 Å². The van der Waals surface area contributed by atoms with Crippen LogP contribution in [0.15, 0.2) is 61.3 Å². The van der Waals surface area contributed by atoms with E-state index in [1.54, 1.807) is 36.7 Å². The first kappa shape index (κ1) is 23.4. The molecule has 176 valence electrons. The lowest BCUT2D eigenvalue weighted by Crippen LogP contribution is -2.16. The van der Waals surface area contributed by atoms with E-state index < -0.39 is 23.3 Å². The van der Waals surface area contributed by atoms with Gasteiger partial charge in [-0.3, -0.25) is 14.6 Å². The molecule has 0 unspecified atom stereocenters. The first-order valence-corrected chi connectivity index (χ1v) is 10.0. The van der Waals surface area contributed by atoms with Gasteiger partial charge in [-0.05, 0) is 42.3 Å². The fraction of sp³-hybridized carbons (Fsp3) is 0.0870. The molecule has 0 aliphatic heterocycles. The highest BCUT2D eigenvalue weighted by Gasteiger charge is 2.32. The molecule has 0 saturated carbocycles. The number of pyridine rings is 1. The third-order valence-electron chi connectivity index (χ3n) is 4.93. The number of nitrogens with one attached hydrogen (secondary N) is 2. The van der Waals surface area contributed by atoms with E-state index in [-0.39, 0.29) is 0 Å². The van der Waals surface area contributed by atoms with Crippen LogP contribution in [0.3, 0.4) is 0 Å².